The quantitative estimate of drug-likeness (QED) is 0.228. The standard InChI is InChI=1S/C27H26Cl3N3O3.CH4/c1-16(2)36-25-8-7-19(14-23(25)30)27(35)31-20(9-11-34)12-17-5-6-18(13-22(17)29)24-15-33-10-3-4-21(28)26(33)32-24;/h3-8,10,13-16,20,34H,9,11-12H2,1-2H3,(H,31,35);1H4/t20-;/m1./s1. The SMILES string of the molecule is C.CC(C)Oc1ccc(C(=O)N[C@H](CCO)Cc2ccc(-c3cn4cccc(Cl)c4n3)cc2Cl)cc1Cl. The van der Waals surface area contributed by atoms with E-state index in [1.165, 1.54) is 0 Å². The van der Waals surface area contributed by atoms with Crippen molar-refractivity contribution < 1.29 is 14.6 Å². The molecule has 0 radical (unpaired) electrons. The number of aliphatic hydroxyl groups excluding tert-OH is 1. The number of aromatic nitrogens is 2. The van der Waals surface area contributed by atoms with Gasteiger partial charge >= 0.3 is 0 Å². The Kier molecular flexibility index (Phi) is 9.85. The van der Waals surface area contributed by atoms with Gasteiger partial charge in [0, 0.05) is 41.2 Å². The molecule has 0 aliphatic carbocycles. The van der Waals surface area contributed by atoms with E-state index < -0.39 is 0 Å². The van der Waals surface area contributed by atoms with Gasteiger partial charge in [0.05, 0.1) is 21.8 Å². The Hall–Kier alpha value is -2.77. The Morgan fingerprint density at radius 1 is 1.08 bits per heavy atom. The minimum Gasteiger partial charge on any atom is -0.489 e. The van der Waals surface area contributed by atoms with Crippen molar-refractivity contribution in [3.8, 4) is 17.0 Å². The van der Waals surface area contributed by atoms with E-state index in [0.717, 1.165) is 16.8 Å². The molecular formula is C28H30Cl3N3O3. The summed E-state index contributed by atoms with van der Waals surface area (Å²) in [4.78, 5) is 17.5. The van der Waals surface area contributed by atoms with Gasteiger partial charge in [0.2, 0.25) is 0 Å². The molecule has 37 heavy (non-hydrogen) atoms. The molecule has 2 aromatic heterocycles. The van der Waals surface area contributed by atoms with Crippen LogP contribution in [0.15, 0.2) is 60.9 Å². The lowest BCUT2D eigenvalue weighted by Crippen LogP contribution is -2.37. The molecule has 1 atom stereocenters. The molecule has 4 aromatic rings. The Morgan fingerprint density at radius 3 is 2.51 bits per heavy atom. The molecule has 196 valence electrons. The zero-order valence-corrected chi connectivity index (χ0v) is 22.1. The number of carbonyl (C=O) groups excluding carboxylic acids is 1. The van der Waals surface area contributed by atoms with Crippen molar-refractivity contribution in [1.82, 2.24) is 14.7 Å². The second-order valence-electron chi connectivity index (χ2n) is 8.72. The molecule has 0 saturated carbocycles. The molecule has 0 bridgehead atoms. The smallest absolute Gasteiger partial charge is 0.251 e. The number of rotatable bonds is 9. The van der Waals surface area contributed by atoms with Gasteiger partial charge in [0.25, 0.3) is 5.91 Å². The molecule has 0 aliphatic rings. The van der Waals surface area contributed by atoms with Crippen LogP contribution in [0, 0.1) is 0 Å². The van der Waals surface area contributed by atoms with Crippen LogP contribution < -0.4 is 10.1 Å². The number of halogens is 3. The molecule has 2 N–H and O–H groups in total. The van der Waals surface area contributed by atoms with E-state index in [-0.39, 0.29) is 32.1 Å². The minimum absolute atomic E-state index is 0. The number of nitrogens with one attached hydrogen (secondary N) is 1. The van der Waals surface area contributed by atoms with Gasteiger partial charge in [-0.05, 0) is 68.7 Å². The molecule has 9 heteroatoms. The Labute approximate surface area is 232 Å². The average Bonchev–Trinajstić information content (AvgIpc) is 3.27. The molecular weight excluding hydrogens is 533 g/mol. The minimum atomic E-state index is -0.329. The van der Waals surface area contributed by atoms with Crippen LogP contribution in [0.2, 0.25) is 15.1 Å². The maximum Gasteiger partial charge on any atom is 0.251 e. The third-order valence-corrected chi connectivity index (χ3v) is 6.56. The van der Waals surface area contributed by atoms with E-state index in [1.807, 2.05) is 54.9 Å². The Bertz CT molecular complexity index is 1390. The average molecular weight is 563 g/mol. The third kappa shape index (κ3) is 6.96. The summed E-state index contributed by atoms with van der Waals surface area (Å²) in [6.07, 6.45) is 4.57. The molecule has 4 rings (SSSR count). The number of hydrogen-bond donors (Lipinski definition) is 2. The zero-order chi connectivity index (χ0) is 25.8. The fourth-order valence-corrected chi connectivity index (χ4v) is 4.59. The highest BCUT2D eigenvalue weighted by Crippen LogP contribution is 2.29. The lowest BCUT2D eigenvalue weighted by molar-refractivity contribution is 0.0930. The van der Waals surface area contributed by atoms with Crippen molar-refractivity contribution in [3.05, 3.63) is 87.1 Å². The molecule has 0 unspecified atom stereocenters. The van der Waals surface area contributed by atoms with Crippen molar-refractivity contribution in [2.75, 3.05) is 6.61 Å². The van der Waals surface area contributed by atoms with Gasteiger partial charge in [-0.2, -0.15) is 0 Å². The number of aliphatic hydroxyl groups is 1. The summed E-state index contributed by atoms with van der Waals surface area (Å²) in [5.74, 6) is 0.232. The van der Waals surface area contributed by atoms with Crippen molar-refractivity contribution in [3.63, 3.8) is 0 Å². The largest absolute Gasteiger partial charge is 0.489 e. The van der Waals surface area contributed by atoms with Gasteiger partial charge in [0.1, 0.15) is 5.75 Å². The van der Waals surface area contributed by atoms with E-state index >= 15 is 0 Å². The van der Waals surface area contributed by atoms with Crippen LogP contribution in [0.5, 0.6) is 5.75 Å². The van der Waals surface area contributed by atoms with Crippen molar-refractivity contribution in [2.24, 2.45) is 0 Å². The summed E-state index contributed by atoms with van der Waals surface area (Å²) in [6.45, 7) is 3.73. The number of carbonyl (C=O) groups is 1. The Morgan fingerprint density at radius 2 is 1.86 bits per heavy atom. The summed E-state index contributed by atoms with van der Waals surface area (Å²) >= 11 is 19.2. The van der Waals surface area contributed by atoms with Gasteiger partial charge < -0.3 is 19.6 Å². The number of fused-ring (bicyclic) bond motifs is 1. The van der Waals surface area contributed by atoms with E-state index in [9.17, 15) is 9.90 Å². The highest BCUT2D eigenvalue weighted by Gasteiger charge is 2.18. The summed E-state index contributed by atoms with van der Waals surface area (Å²) < 4.78 is 7.49. The first-order valence-corrected chi connectivity index (χ1v) is 12.7. The number of ether oxygens (including phenoxy) is 1. The summed E-state index contributed by atoms with van der Waals surface area (Å²) in [6, 6.07) is 13.9. The van der Waals surface area contributed by atoms with Gasteiger partial charge in [-0.25, -0.2) is 4.98 Å². The number of hydrogen-bond acceptors (Lipinski definition) is 4. The molecule has 0 aliphatic heterocycles. The van der Waals surface area contributed by atoms with Crippen molar-refractivity contribution in [2.45, 2.75) is 46.3 Å². The summed E-state index contributed by atoms with van der Waals surface area (Å²) in [5, 5.41) is 14.0. The Balaban J connectivity index is 0.00000380. The van der Waals surface area contributed by atoms with E-state index in [2.05, 4.69) is 10.3 Å². The lowest BCUT2D eigenvalue weighted by atomic mass is 10.0. The fourth-order valence-electron chi connectivity index (χ4n) is 3.90. The van der Waals surface area contributed by atoms with Gasteiger partial charge in [0.15, 0.2) is 5.65 Å². The van der Waals surface area contributed by atoms with Crippen LogP contribution in [0.1, 0.15) is 43.6 Å². The van der Waals surface area contributed by atoms with Crippen LogP contribution in [0.4, 0.5) is 0 Å². The zero-order valence-electron chi connectivity index (χ0n) is 19.8. The molecule has 2 heterocycles. The number of benzene rings is 2. The number of amides is 1. The van der Waals surface area contributed by atoms with Crippen LogP contribution >= 0.6 is 34.8 Å². The van der Waals surface area contributed by atoms with Gasteiger partial charge in [-0.1, -0.05) is 54.4 Å². The number of nitrogens with zero attached hydrogens (tertiary/aromatic N) is 2. The van der Waals surface area contributed by atoms with Crippen LogP contribution in [-0.4, -0.2) is 39.2 Å². The van der Waals surface area contributed by atoms with Crippen LogP contribution in [0.25, 0.3) is 16.9 Å². The molecule has 2 aromatic carbocycles. The second kappa shape index (κ2) is 12.7. The maximum absolute atomic E-state index is 12.9. The summed E-state index contributed by atoms with van der Waals surface area (Å²) in [7, 11) is 0. The highest BCUT2D eigenvalue weighted by molar-refractivity contribution is 6.33. The van der Waals surface area contributed by atoms with Crippen molar-refractivity contribution in [1.29, 1.82) is 0 Å². The number of imidazole rings is 1. The predicted molar refractivity (Wildman–Crippen MR) is 151 cm³/mol. The first kappa shape index (κ1) is 28.8. The van der Waals surface area contributed by atoms with E-state index in [0.29, 0.717) is 44.9 Å². The van der Waals surface area contributed by atoms with Crippen molar-refractivity contribution >= 4 is 46.4 Å². The van der Waals surface area contributed by atoms with Crippen LogP contribution in [0.3, 0.4) is 0 Å². The highest BCUT2D eigenvalue weighted by atomic mass is 35.5. The summed E-state index contributed by atoms with van der Waals surface area (Å²) in [5.41, 5.74) is 3.53. The van der Waals surface area contributed by atoms with Gasteiger partial charge in [-0.15, -0.1) is 0 Å². The molecule has 0 fully saturated rings. The molecule has 1 amide bonds. The first-order chi connectivity index (χ1) is 17.2. The molecule has 0 saturated heterocycles. The maximum atomic E-state index is 12.9. The first-order valence-electron chi connectivity index (χ1n) is 11.5. The van der Waals surface area contributed by atoms with E-state index in [4.69, 9.17) is 39.5 Å². The fraction of sp³-hybridized carbons (Fsp3) is 0.286. The second-order valence-corrected chi connectivity index (χ2v) is 9.94. The predicted octanol–water partition coefficient (Wildman–Crippen LogP) is 7.11. The molecule has 6 nitrogen and oxygen atoms in total. The lowest BCUT2D eigenvalue weighted by Gasteiger charge is -2.19. The van der Waals surface area contributed by atoms with Gasteiger partial charge in [-0.3, -0.25) is 4.79 Å². The monoisotopic (exact) mass is 561 g/mol. The molecule has 0 spiro atoms. The third-order valence-electron chi connectivity index (χ3n) is 5.62. The normalized spacial score (nSPS) is 11.9. The topological polar surface area (TPSA) is 75.9 Å². The van der Waals surface area contributed by atoms with Crippen LogP contribution in [-0.2, 0) is 6.42 Å². The van der Waals surface area contributed by atoms with E-state index in [1.54, 1.807) is 24.3 Å². The number of pyridine rings is 1.